The molecule has 1 aliphatic heterocycles. The van der Waals surface area contributed by atoms with E-state index in [0.717, 1.165) is 42.5 Å². The Hall–Kier alpha value is -2.07. The third kappa shape index (κ3) is 5.70. The van der Waals surface area contributed by atoms with E-state index in [0.29, 0.717) is 12.5 Å². The average Bonchev–Trinajstić information content (AvgIpc) is 2.67. The molecule has 0 radical (unpaired) electrons. The number of aliphatic imine (C=N–C) groups is 1. The van der Waals surface area contributed by atoms with Crippen molar-refractivity contribution in [3.05, 3.63) is 69.2 Å². The van der Waals surface area contributed by atoms with Crippen molar-refractivity contribution in [2.45, 2.75) is 6.54 Å². The average molecular weight is 502 g/mol. The van der Waals surface area contributed by atoms with E-state index in [2.05, 4.69) is 14.8 Å². The van der Waals surface area contributed by atoms with Gasteiger partial charge in [0.25, 0.3) is 5.69 Å². The predicted octanol–water partition coefficient (Wildman–Crippen LogP) is 3.50. The number of rotatable bonds is 4. The summed E-state index contributed by atoms with van der Waals surface area (Å²) in [5.74, 6) is 0.499. The van der Waals surface area contributed by atoms with E-state index < -0.39 is 4.92 Å². The van der Waals surface area contributed by atoms with Gasteiger partial charge in [-0.25, -0.2) is 4.99 Å². The number of hydrogen-bond acceptors (Lipinski definition) is 4. The van der Waals surface area contributed by atoms with Gasteiger partial charge in [-0.1, -0.05) is 23.7 Å². The van der Waals surface area contributed by atoms with Crippen molar-refractivity contribution >= 4 is 52.9 Å². The molecule has 1 aliphatic rings. The minimum atomic E-state index is -0.415. The van der Waals surface area contributed by atoms with Crippen LogP contribution >= 0.6 is 35.6 Å². The third-order valence-electron chi connectivity index (χ3n) is 4.37. The standard InChI is InChI=1S/C18H20ClN5O2.HI/c19-15-3-7-16(8-4-15)22-9-11-23(12-10-22)18(20)21-13-14-1-5-17(6-2-14)24(25)26;/h1-8H,9-13H2,(H2,20,21);1H. The van der Waals surface area contributed by atoms with Crippen molar-refractivity contribution in [3.63, 3.8) is 0 Å². The molecule has 7 nitrogen and oxygen atoms in total. The molecule has 0 atom stereocenters. The summed E-state index contributed by atoms with van der Waals surface area (Å²) in [4.78, 5) is 19.0. The van der Waals surface area contributed by atoms with Gasteiger partial charge in [0.05, 0.1) is 11.5 Å². The van der Waals surface area contributed by atoms with E-state index in [1.165, 1.54) is 12.1 Å². The smallest absolute Gasteiger partial charge is 0.269 e. The molecule has 0 bridgehead atoms. The molecule has 0 aliphatic carbocycles. The molecule has 27 heavy (non-hydrogen) atoms. The molecular weight excluding hydrogens is 481 g/mol. The van der Waals surface area contributed by atoms with Crippen molar-refractivity contribution in [1.82, 2.24) is 4.90 Å². The van der Waals surface area contributed by atoms with Gasteiger partial charge in [0.15, 0.2) is 5.96 Å². The third-order valence-corrected chi connectivity index (χ3v) is 4.62. The maximum absolute atomic E-state index is 10.7. The Bertz CT molecular complexity index is 790. The van der Waals surface area contributed by atoms with Crippen LogP contribution < -0.4 is 10.6 Å². The Kier molecular flexibility index (Phi) is 7.66. The molecule has 1 saturated heterocycles. The van der Waals surface area contributed by atoms with Crippen LogP contribution in [0.5, 0.6) is 0 Å². The van der Waals surface area contributed by atoms with Gasteiger partial charge in [-0.05, 0) is 29.8 Å². The molecule has 9 heteroatoms. The monoisotopic (exact) mass is 501 g/mol. The second-order valence-corrected chi connectivity index (χ2v) is 6.48. The lowest BCUT2D eigenvalue weighted by Crippen LogP contribution is -2.51. The van der Waals surface area contributed by atoms with Crippen LogP contribution in [0.25, 0.3) is 0 Å². The Balaban J connectivity index is 0.00000261. The number of non-ortho nitro benzene ring substituents is 1. The number of piperazine rings is 1. The Labute approximate surface area is 180 Å². The number of nitrogens with zero attached hydrogens (tertiary/aromatic N) is 4. The number of halogens is 2. The van der Waals surface area contributed by atoms with Crippen LogP contribution in [0, 0.1) is 10.1 Å². The summed E-state index contributed by atoms with van der Waals surface area (Å²) in [6, 6.07) is 14.2. The number of anilines is 1. The van der Waals surface area contributed by atoms with Gasteiger partial charge >= 0.3 is 0 Å². The van der Waals surface area contributed by atoms with Crippen molar-refractivity contribution < 1.29 is 4.92 Å². The Morgan fingerprint density at radius 3 is 2.22 bits per heavy atom. The number of guanidine groups is 1. The molecule has 0 aromatic heterocycles. The SMILES string of the molecule is I.NC(=NCc1ccc([N+](=O)[O-])cc1)N1CCN(c2ccc(Cl)cc2)CC1. The molecule has 1 fully saturated rings. The number of nitro benzene ring substituents is 1. The molecule has 2 N–H and O–H groups in total. The number of benzene rings is 2. The van der Waals surface area contributed by atoms with Crippen molar-refractivity contribution in [3.8, 4) is 0 Å². The highest BCUT2D eigenvalue weighted by atomic mass is 127. The second kappa shape index (κ2) is 9.75. The molecule has 144 valence electrons. The quantitative estimate of drug-likeness (QED) is 0.228. The maximum Gasteiger partial charge on any atom is 0.269 e. The van der Waals surface area contributed by atoms with Crippen molar-refractivity contribution in [1.29, 1.82) is 0 Å². The molecular formula is C18H21ClIN5O2. The number of hydrogen-bond donors (Lipinski definition) is 1. The van der Waals surface area contributed by atoms with Crippen molar-refractivity contribution in [2.75, 3.05) is 31.1 Å². The fourth-order valence-corrected chi connectivity index (χ4v) is 2.97. The Morgan fingerprint density at radius 2 is 1.67 bits per heavy atom. The fraction of sp³-hybridized carbons (Fsp3) is 0.278. The first-order valence-corrected chi connectivity index (χ1v) is 8.69. The maximum atomic E-state index is 10.7. The van der Waals surface area contributed by atoms with E-state index in [-0.39, 0.29) is 29.7 Å². The van der Waals surface area contributed by atoms with Gasteiger partial charge in [-0.3, -0.25) is 10.1 Å². The van der Waals surface area contributed by atoms with Gasteiger partial charge in [0.1, 0.15) is 0 Å². The zero-order valence-corrected chi connectivity index (χ0v) is 17.7. The first-order chi connectivity index (χ1) is 12.5. The van der Waals surface area contributed by atoms with Gasteiger partial charge < -0.3 is 15.5 Å². The molecule has 0 saturated carbocycles. The number of nitrogens with two attached hydrogens (primary N) is 1. The number of nitro groups is 1. The van der Waals surface area contributed by atoms with Gasteiger partial charge in [0, 0.05) is 49.0 Å². The lowest BCUT2D eigenvalue weighted by molar-refractivity contribution is -0.384. The highest BCUT2D eigenvalue weighted by Gasteiger charge is 2.18. The summed E-state index contributed by atoms with van der Waals surface area (Å²) in [6.07, 6.45) is 0. The van der Waals surface area contributed by atoms with Crippen LogP contribution in [-0.2, 0) is 6.54 Å². The zero-order chi connectivity index (χ0) is 18.5. The molecule has 0 amide bonds. The predicted molar refractivity (Wildman–Crippen MR) is 119 cm³/mol. The minimum absolute atomic E-state index is 0. The summed E-state index contributed by atoms with van der Waals surface area (Å²) in [7, 11) is 0. The molecule has 0 spiro atoms. The highest BCUT2D eigenvalue weighted by molar-refractivity contribution is 14.0. The van der Waals surface area contributed by atoms with Crippen LogP contribution in [-0.4, -0.2) is 42.0 Å². The molecule has 2 aromatic carbocycles. The largest absolute Gasteiger partial charge is 0.370 e. The summed E-state index contributed by atoms with van der Waals surface area (Å²) in [5.41, 5.74) is 8.22. The fourth-order valence-electron chi connectivity index (χ4n) is 2.84. The summed E-state index contributed by atoms with van der Waals surface area (Å²) >= 11 is 5.93. The van der Waals surface area contributed by atoms with Gasteiger partial charge in [-0.15, -0.1) is 24.0 Å². The molecule has 0 unspecified atom stereocenters. The minimum Gasteiger partial charge on any atom is -0.370 e. The van der Waals surface area contributed by atoms with E-state index in [1.54, 1.807) is 12.1 Å². The lowest BCUT2D eigenvalue weighted by atomic mass is 10.2. The van der Waals surface area contributed by atoms with E-state index in [4.69, 9.17) is 17.3 Å². The van der Waals surface area contributed by atoms with E-state index in [1.807, 2.05) is 24.3 Å². The summed E-state index contributed by atoms with van der Waals surface area (Å²) < 4.78 is 0. The highest BCUT2D eigenvalue weighted by Crippen LogP contribution is 2.19. The van der Waals surface area contributed by atoms with Crippen molar-refractivity contribution in [2.24, 2.45) is 10.7 Å². The first kappa shape index (κ1) is 21.2. The second-order valence-electron chi connectivity index (χ2n) is 6.05. The topological polar surface area (TPSA) is 88.0 Å². The Morgan fingerprint density at radius 1 is 1.07 bits per heavy atom. The van der Waals surface area contributed by atoms with Crippen LogP contribution in [0.2, 0.25) is 5.02 Å². The lowest BCUT2D eigenvalue weighted by Gasteiger charge is -2.36. The van der Waals surface area contributed by atoms with E-state index >= 15 is 0 Å². The van der Waals surface area contributed by atoms with Gasteiger partial charge in [0.2, 0.25) is 0 Å². The van der Waals surface area contributed by atoms with Crippen LogP contribution in [0.4, 0.5) is 11.4 Å². The van der Waals surface area contributed by atoms with E-state index in [9.17, 15) is 10.1 Å². The summed E-state index contributed by atoms with van der Waals surface area (Å²) in [6.45, 7) is 3.70. The van der Waals surface area contributed by atoms with Crippen LogP contribution in [0.1, 0.15) is 5.56 Å². The molecule has 2 aromatic rings. The molecule has 3 rings (SSSR count). The van der Waals surface area contributed by atoms with Gasteiger partial charge in [-0.2, -0.15) is 0 Å². The first-order valence-electron chi connectivity index (χ1n) is 8.31. The summed E-state index contributed by atoms with van der Waals surface area (Å²) in [5, 5.41) is 11.4. The van der Waals surface area contributed by atoms with Crippen LogP contribution in [0.15, 0.2) is 53.5 Å². The normalized spacial score (nSPS) is 14.6. The zero-order valence-electron chi connectivity index (χ0n) is 14.6. The van der Waals surface area contributed by atoms with Crippen LogP contribution in [0.3, 0.4) is 0 Å². The molecule has 1 heterocycles.